The third-order valence-electron chi connectivity index (χ3n) is 3.96. The van der Waals surface area contributed by atoms with Crippen molar-refractivity contribution in [3.05, 3.63) is 42.0 Å². The van der Waals surface area contributed by atoms with Crippen LogP contribution in [-0.4, -0.2) is 52.2 Å². The highest BCUT2D eigenvalue weighted by atomic mass is 16.6. The van der Waals surface area contributed by atoms with Crippen LogP contribution in [0.2, 0.25) is 0 Å². The molecule has 160 valence electrons. The summed E-state index contributed by atoms with van der Waals surface area (Å²) in [4.78, 5) is 35.4. The van der Waals surface area contributed by atoms with Gasteiger partial charge in [-0.3, -0.25) is 9.59 Å². The third kappa shape index (κ3) is 6.13. The standard InChI is InChI=1S/C21H23NO8/c1-13(23)14-5-8-17(19(9-14)28-4)29-12-21(25)30-11-20(24)22-16-7-6-15(26-2)10-18(16)27-3/h5-10H,11-12H2,1-4H3,(H,22,24). The highest BCUT2D eigenvalue weighted by molar-refractivity contribution is 5.95. The van der Waals surface area contributed by atoms with Gasteiger partial charge in [0.1, 0.15) is 11.5 Å². The molecule has 0 aliphatic heterocycles. The fourth-order valence-corrected chi connectivity index (χ4v) is 2.42. The molecule has 2 rings (SSSR count). The molecule has 0 fully saturated rings. The van der Waals surface area contributed by atoms with Gasteiger partial charge in [0.2, 0.25) is 0 Å². The number of ether oxygens (including phenoxy) is 5. The van der Waals surface area contributed by atoms with E-state index in [-0.39, 0.29) is 11.5 Å². The molecule has 0 saturated heterocycles. The summed E-state index contributed by atoms with van der Waals surface area (Å²) in [7, 11) is 4.39. The molecule has 0 heterocycles. The smallest absolute Gasteiger partial charge is 0.344 e. The number of ketones is 1. The van der Waals surface area contributed by atoms with E-state index in [1.807, 2.05) is 0 Å². The molecule has 1 N–H and O–H groups in total. The first-order chi connectivity index (χ1) is 14.4. The number of amides is 1. The molecule has 0 bridgehead atoms. The predicted octanol–water partition coefficient (Wildman–Crippen LogP) is 2.48. The van der Waals surface area contributed by atoms with Gasteiger partial charge in [-0.1, -0.05) is 0 Å². The van der Waals surface area contributed by atoms with E-state index in [4.69, 9.17) is 23.7 Å². The van der Waals surface area contributed by atoms with Crippen LogP contribution in [0.15, 0.2) is 36.4 Å². The van der Waals surface area contributed by atoms with Gasteiger partial charge in [-0.2, -0.15) is 0 Å². The number of anilines is 1. The van der Waals surface area contributed by atoms with Gasteiger partial charge in [0, 0.05) is 11.6 Å². The number of rotatable bonds is 10. The Morgan fingerprint density at radius 2 is 1.57 bits per heavy atom. The Kier molecular flexibility index (Phi) is 8.04. The number of nitrogens with one attached hydrogen (secondary N) is 1. The zero-order valence-electron chi connectivity index (χ0n) is 17.1. The van der Waals surface area contributed by atoms with E-state index in [9.17, 15) is 14.4 Å². The van der Waals surface area contributed by atoms with Crippen molar-refractivity contribution in [1.82, 2.24) is 0 Å². The molecule has 0 saturated carbocycles. The predicted molar refractivity (Wildman–Crippen MR) is 108 cm³/mol. The molecule has 2 aromatic rings. The van der Waals surface area contributed by atoms with E-state index in [0.29, 0.717) is 28.5 Å². The van der Waals surface area contributed by atoms with Crippen LogP contribution in [0.5, 0.6) is 23.0 Å². The molecule has 1 amide bonds. The maximum absolute atomic E-state index is 12.0. The number of methoxy groups -OCH3 is 3. The maximum atomic E-state index is 12.0. The average Bonchev–Trinajstić information content (AvgIpc) is 2.76. The molecule has 0 atom stereocenters. The van der Waals surface area contributed by atoms with Crippen molar-refractivity contribution in [3.8, 4) is 23.0 Å². The fourth-order valence-electron chi connectivity index (χ4n) is 2.42. The highest BCUT2D eigenvalue weighted by Gasteiger charge is 2.14. The molecule has 9 nitrogen and oxygen atoms in total. The van der Waals surface area contributed by atoms with E-state index >= 15 is 0 Å². The second-order valence-electron chi connectivity index (χ2n) is 5.99. The molecular formula is C21H23NO8. The SMILES string of the molecule is COc1ccc(NC(=O)COC(=O)COc2ccc(C(C)=O)cc2OC)c(OC)c1. The lowest BCUT2D eigenvalue weighted by Gasteiger charge is -2.13. The van der Waals surface area contributed by atoms with Crippen LogP contribution in [-0.2, 0) is 14.3 Å². The minimum atomic E-state index is -0.746. The Bertz CT molecular complexity index is 925. The van der Waals surface area contributed by atoms with E-state index < -0.39 is 25.1 Å². The lowest BCUT2D eigenvalue weighted by Crippen LogP contribution is -2.24. The normalized spacial score (nSPS) is 10.0. The van der Waals surface area contributed by atoms with Crippen LogP contribution in [0.25, 0.3) is 0 Å². The van der Waals surface area contributed by atoms with Crippen molar-refractivity contribution in [1.29, 1.82) is 0 Å². The van der Waals surface area contributed by atoms with Crippen molar-refractivity contribution in [3.63, 3.8) is 0 Å². The number of Topliss-reactive ketones (excluding diaryl/α,β-unsaturated/α-hetero) is 1. The van der Waals surface area contributed by atoms with Crippen LogP contribution in [0.3, 0.4) is 0 Å². The van der Waals surface area contributed by atoms with E-state index in [1.54, 1.807) is 24.3 Å². The van der Waals surface area contributed by atoms with Gasteiger partial charge in [-0.25, -0.2) is 4.79 Å². The first-order valence-electron chi connectivity index (χ1n) is 8.87. The summed E-state index contributed by atoms with van der Waals surface area (Å²) < 4.78 is 25.7. The van der Waals surface area contributed by atoms with Gasteiger partial charge in [-0.05, 0) is 37.3 Å². The third-order valence-corrected chi connectivity index (χ3v) is 3.96. The molecule has 2 aromatic carbocycles. The Balaban J connectivity index is 1.86. The van der Waals surface area contributed by atoms with Gasteiger partial charge < -0.3 is 29.0 Å². The molecule has 0 radical (unpaired) electrons. The summed E-state index contributed by atoms with van der Waals surface area (Å²) in [6, 6.07) is 9.46. The van der Waals surface area contributed by atoms with Crippen molar-refractivity contribution < 1.29 is 38.1 Å². The van der Waals surface area contributed by atoms with Crippen LogP contribution < -0.4 is 24.3 Å². The van der Waals surface area contributed by atoms with Crippen molar-refractivity contribution in [2.24, 2.45) is 0 Å². The summed E-state index contributed by atoms with van der Waals surface area (Å²) in [5.74, 6) is 0.129. The van der Waals surface area contributed by atoms with Crippen LogP contribution in [0.4, 0.5) is 5.69 Å². The van der Waals surface area contributed by atoms with E-state index in [1.165, 1.54) is 40.4 Å². The molecule has 30 heavy (non-hydrogen) atoms. The Hall–Kier alpha value is -3.75. The minimum absolute atomic E-state index is 0.126. The molecular weight excluding hydrogens is 394 g/mol. The molecule has 0 spiro atoms. The average molecular weight is 417 g/mol. The zero-order chi connectivity index (χ0) is 22.1. The second kappa shape index (κ2) is 10.7. The number of carbonyl (C=O) groups excluding carboxylic acids is 3. The quantitative estimate of drug-likeness (QED) is 0.464. The lowest BCUT2D eigenvalue weighted by molar-refractivity contribution is -0.149. The maximum Gasteiger partial charge on any atom is 0.344 e. The van der Waals surface area contributed by atoms with Crippen LogP contribution in [0, 0.1) is 0 Å². The second-order valence-corrected chi connectivity index (χ2v) is 5.99. The first kappa shape index (κ1) is 22.5. The fraction of sp³-hybridized carbons (Fsp3) is 0.286. The van der Waals surface area contributed by atoms with Gasteiger partial charge in [0.25, 0.3) is 5.91 Å². The topological polar surface area (TPSA) is 109 Å². The van der Waals surface area contributed by atoms with Crippen molar-refractivity contribution in [2.75, 3.05) is 39.9 Å². The Labute approximate surface area is 173 Å². The Morgan fingerprint density at radius 1 is 0.833 bits per heavy atom. The van der Waals surface area contributed by atoms with Crippen LogP contribution >= 0.6 is 0 Å². The summed E-state index contributed by atoms with van der Waals surface area (Å²) in [6.07, 6.45) is 0. The lowest BCUT2D eigenvalue weighted by atomic mass is 10.1. The summed E-state index contributed by atoms with van der Waals surface area (Å²) in [6.45, 7) is 0.492. The highest BCUT2D eigenvalue weighted by Crippen LogP contribution is 2.29. The summed E-state index contributed by atoms with van der Waals surface area (Å²) in [5.41, 5.74) is 0.860. The Morgan fingerprint density at radius 3 is 2.20 bits per heavy atom. The molecule has 0 aliphatic carbocycles. The van der Waals surface area contributed by atoms with Gasteiger partial charge in [0.05, 0.1) is 27.0 Å². The number of hydrogen-bond donors (Lipinski definition) is 1. The van der Waals surface area contributed by atoms with Crippen molar-refractivity contribution in [2.45, 2.75) is 6.92 Å². The largest absolute Gasteiger partial charge is 0.497 e. The number of hydrogen-bond acceptors (Lipinski definition) is 8. The van der Waals surface area contributed by atoms with Gasteiger partial charge in [-0.15, -0.1) is 0 Å². The summed E-state index contributed by atoms with van der Waals surface area (Å²) >= 11 is 0. The van der Waals surface area contributed by atoms with Gasteiger partial charge in [0.15, 0.2) is 30.5 Å². The monoisotopic (exact) mass is 417 g/mol. The van der Waals surface area contributed by atoms with E-state index in [2.05, 4.69) is 5.32 Å². The minimum Gasteiger partial charge on any atom is -0.497 e. The van der Waals surface area contributed by atoms with Crippen molar-refractivity contribution >= 4 is 23.3 Å². The number of carbonyl (C=O) groups is 3. The number of esters is 1. The molecule has 0 aromatic heterocycles. The molecule has 9 heteroatoms. The number of benzene rings is 2. The first-order valence-corrected chi connectivity index (χ1v) is 8.87. The van der Waals surface area contributed by atoms with E-state index in [0.717, 1.165) is 0 Å². The summed E-state index contributed by atoms with van der Waals surface area (Å²) in [5, 5.41) is 2.59. The molecule has 0 aliphatic rings. The molecule has 0 unspecified atom stereocenters. The van der Waals surface area contributed by atoms with Crippen LogP contribution in [0.1, 0.15) is 17.3 Å². The zero-order valence-corrected chi connectivity index (χ0v) is 17.1. The van der Waals surface area contributed by atoms with Gasteiger partial charge >= 0.3 is 5.97 Å².